The van der Waals surface area contributed by atoms with Gasteiger partial charge in [0, 0.05) is 23.6 Å². The Kier molecular flexibility index (Phi) is 9.22. The maximum atomic E-state index is 6.15. The summed E-state index contributed by atoms with van der Waals surface area (Å²) < 4.78 is 0. The molecule has 0 aromatic heterocycles. The van der Waals surface area contributed by atoms with Crippen molar-refractivity contribution in [3.63, 3.8) is 0 Å². The van der Waals surface area contributed by atoms with Gasteiger partial charge >= 0.3 is 0 Å². The molecule has 0 saturated heterocycles. The summed E-state index contributed by atoms with van der Waals surface area (Å²) in [7, 11) is 1.72. The zero-order valence-corrected chi connectivity index (χ0v) is 14.8. The van der Waals surface area contributed by atoms with Gasteiger partial charge in [-0.2, -0.15) is 0 Å². The van der Waals surface area contributed by atoms with Crippen LogP contribution in [0.4, 0.5) is 0 Å². The molecule has 0 aliphatic heterocycles. The second-order valence-corrected chi connectivity index (χ2v) is 4.62. The van der Waals surface area contributed by atoms with Gasteiger partial charge in [0.1, 0.15) is 0 Å². The Morgan fingerprint density at radius 2 is 2.16 bits per heavy atom. The lowest BCUT2D eigenvalue weighted by molar-refractivity contribution is 0.694. The van der Waals surface area contributed by atoms with E-state index in [1.165, 1.54) is 0 Å². The molecule has 1 aromatic carbocycles. The summed E-state index contributed by atoms with van der Waals surface area (Å²) in [6.45, 7) is 6.31. The van der Waals surface area contributed by atoms with Gasteiger partial charge in [-0.1, -0.05) is 35.3 Å². The molecule has 0 saturated carbocycles. The highest BCUT2D eigenvalue weighted by Crippen LogP contribution is 2.25. The molecular weight excluding hydrogens is 396 g/mol. The normalized spacial score (nSPS) is 12.3. The SMILES string of the molecule is C=CCNC(=NC)NC(C)c1ccc(Cl)cc1Cl.I. The molecule has 6 heteroatoms. The van der Waals surface area contributed by atoms with E-state index in [1.54, 1.807) is 19.2 Å². The minimum Gasteiger partial charge on any atom is -0.353 e. The number of halogens is 3. The quantitative estimate of drug-likeness (QED) is 0.338. The summed E-state index contributed by atoms with van der Waals surface area (Å²) in [5.74, 6) is 0.702. The summed E-state index contributed by atoms with van der Waals surface area (Å²) in [6.07, 6.45) is 1.77. The highest BCUT2D eigenvalue weighted by molar-refractivity contribution is 14.0. The van der Waals surface area contributed by atoms with E-state index in [2.05, 4.69) is 22.2 Å². The fourth-order valence-corrected chi connectivity index (χ4v) is 2.07. The molecule has 0 fully saturated rings. The first-order chi connectivity index (χ1) is 8.58. The number of aliphatic imine (C=N–C) groups is 1. The van der Waals surface area contributed by atoms with E-state index >= 15 is 0 Å². The van der Waals surface area contributed by atoms with Gasteiger partial charge in [0.2, 0.25) is 0 Å². The van der Waals surface area contributed by atoms with Crippen LogP contribution >= 0.6 is 47.2 Å². The molecule has 106 valence electrons. The highest BCUT2D eigenvalue weighted by Gasteiger charge is 2.11. The van der Waals surface area contributed by atoms with Crippen molar-refractivity contribution in [2.75, 3.05) is 13.6 Å². The molecule has 0 spiro atoms. The first-order valence-corrected chi connectivity index (χ1v) is 6.37. The fourth-order valence-electron chi connectivity index (χ4n) is 1.50. The third-order valence-corrected chi connectivity index (χ3v) is 2.98. The van der Waals surface area contributed by atoms with Gasteiger partial charge in [0.15, 0.2) is 5.96 Å². The van der Waals surface area contributed by atoms with Crippen molar-refractivity contribution in [2.24, 2.45) is 4.99 Å². The van der Waals surface area contributed by atoms with Crippen molar-refractivity contribution in [3.05, 3.63) is 46.5 Å². The van der Waals surface area contributed by atoms with Crippen LogP contribution in [0.2, 0.25) is 10.0 Å². The van der Waals surface area contributed by atoms with E-state index in [1.807, 2.05) is 19.1 Å². The number of hydrogen-bond donors (Lipinski definition) is 2. The van der Waals surface area contributed by atoms with Crippen molar-refractivity contribution in [1.29, 1.82) is 0 Å². The van der Waals surface area contributed by atoms with Gasteiger partial charge in [-0.15, -0.1) is 30.6 Å². The van der Waals surface area contributed by atoms with Crippen LogP contribution in [-0.2, 0) is 0 Å². The molecule has 0 aliphatic rings. The molecule has 19 heavy (non-hydrogen) atoms. The summed E-state index contributed by atoms with van der Waals surface area (Å²) in [4.78, 5) is 4.12. The Labute approximate surface area is 141 Å². The Bertz CT molecular complexity index is 450. The maximum absolute atomic E-state index is 6.15. The molecule has 0 bridgehead atoms. The summed E-state index contributed by atoms with van der Waals surface area (Å²) >= 11 is 12.0. The van der Waals surface area contributed by atoms with E-state index < -0.39 is 0 Å². The lowest BCUT2D eigenvalue weighted by Crippen LogP contribution is -2.38. The predicted octanol–water partition coefficient (Wildman–Crippen LogP) is 4.02. The van der Waals surface area contributed by atoms with Crippen LogP contribution in [-0.4, -0.2) is 19.6 Å². The number of nitrogens with one attached hydrogen (secondary N) is 2. The van der Waals surface area contributed by atoms with Gasteiger partial charge in [-0.3, -0.25) is 4.99 Å². The Hall–Kier alpha value is -0.460. The smallest absolute Gasteiger partial charge is 0.191 e. The number of benzene rings is 1. The maximum Gasteiger partial charge on any atom is 0.191 e. The van der Waals surface area contributed by atoms with Crippen LogP contribution in [0.3, 0.4) is 0 Å². The summed E-state index contributed by atoms with van der Waals surface area (Å²) in [5.41, 5.74) is 0.975. The molecule has 1 rings (SSSR count). The van der Waals surface area contributed by atoms with Crippen LogP contribution < -0.4 is 10.6 Å². The average Bonchev–Trinajstić information content (AvgIpc) is 2.34. The molecule has 1 atom stereocenters. The van der Waals surface area contributed by atoms with Crippen LogP contribution in [0.1, 0.15) is 18.5 Å². The van der Waals surface area contributed by atoms with Gasteiger partial charge in [0.05, 0.1) is 6.04 Å². The second-order valence-electron chi connectivity index (χ2n) is 3.77. The molecule has 3 nitrogen and oxygen atoms in total. The van der Waals surface area contributed by atoms with Crippen molar-refractivity contribution >= 4 is 53.1 Å². The van der Waals surface area contributed by atoms with E-state index in [0.29, 0.717) is 22.5 Å². The summed E-state index contributed by atoms with van der Waals surface area (Å²) in [5, 5.41) is 7.61. The van der Waals surface area contributed by atoms with Crippen molar-refractivity contribution in [1.82, 2.24) is 10.6 Å². The molecule has 1 unspecified atom stereocenters. The molecular formula is C13H18Cl2IN3. The van der Waals surface area contributed by atoms with E-state index in [0.717, 1.165) is 5.56 Å². The molecule has 0 radical (unpaired) electrons. The third kappa shape index (κ3) is 6.01. The molecule has 2 N–H and O–H groups in total. The van der Waals surface area contributed by atoms with E-state index in [4.69, 9.17) is 23.2 Å². The van der Waals surface area contributed by atoms with E-state index in [9.17, 15) is 0 Å². The number of guanidine groups is 1. The van der Waals surface area contributed by atoms with Crippen LogP contribution in [0.15, 0.2) is 35.8 Å². The number of nitrogens with zero attached hydrogens (tertiary/aromatic N) is 1. The second kappa shape index (κ2) is 9.44. The Balaban J connectivity index is 0.00000324. The lowest BCUT2D eigenvalue weighted by atomic mass is 10.1. The lowest BCUT2D eigenvalue weighted by Gasteiger charge is -2.18. The van der Waals surface area contributed by atoms with Crippen LogP contribution in [0.5, 0.6) is 0 Å². The topological polar surface area (TPSA) is 36.4 Å². The standard InChI is InChI=1S/C13H17Cl2N3.HI/c1-4-7-17-13(16-3)18-9(2)11-6-5-10(14)8-12(11)15;/h4-6,8-9H,1,7H2,2-3H3,(H2,16,17,18);1H. The first kappa shape index (κ1) is 18.5. The van der Waals surface area contributed by atoms with Crippen molar-refractivity contribution in [2.45, 2.75) is 13.0 Å². The average molecular weight is 414 g/mol. The fraction of sp³-hybridized carbons (Fsp3) is 0.308. The minimum atomic E-state index is 0. The van der Waals surface area contributed by atoms with E-state index in [-0.39, 0.29) is 30.0 Å². The van der Waals surface area contributed by atoms with Gasteiger partial charge in [-0.05, 0) is 24.6 Å². The zero-order chi connectivity index (χ0) is 13.5. The van der Waals surface area contributed by atoms with Crippen LogP contribution in [0.25, 0.3) is 0 Å². The van der Waals surface area contributed by atoms with Gasteiger partial charge < -0.3 is 10.6 Å². The largest absolute Gasteiger partial charge is 0.353 e. The monoisotopic (exact) mass is 413 g/mol. The first-order valence-electron chi connectivity index (χ1n) is 5.61. The van der Waals surface area contributed by atoms with Gasteiger partial charge in [0.25, 0.3) is 0 Å². The predicted molar refractivity (Wildman–Crippen MR) is 95.0 cm³/mol. The Morgan fingerprint density at radius 1 is 1.47 bits per heavy atom. The molecule has 0 amide bonds. The third-order valence-electron chi connectivity index (χ3n) is 2.42. The molecule has 1 aromatic rings. The van der Waals surface area contributed by atoms with Crippen LogP contribution in [0, 0.1) is 0 Å². The Morgan fingerprint density at radius 3 is 2.68 bits per heavy atom. The number of rotatable bonds is 4. The minimum absolute atomic E-state index is 0. The highest BCUT2D eigenvalue weighted by atomic mass is 127. The summed E-state index contributed by atoms with van der Waals surface area (Å²) in [6, 6.07) is 5.49. The van der Waals surface area contributed by atoms with Crippen molar-refractivity contribution in [3.8, 4) is 0 Å². The van der Waals surface area contributed by atoms with Gasteiger partial charge in [-0.25, -0.2) is 0 Å². The molecule has 0 heterocycles. The zero-order valence-electron chi connectivity index (χ0n) is 10.9. The number of hydrogen-bond acceptors (Lipinski definition) is 1. The van der Waals surface area contributed by atoms with Crippen molar-refractivity contribution < 1.29 is 0 Å². The molecule has 0 aliphatic carbocycles.